The van der Waals surface area contributed by atoms with Crippen molar-refractivity contribution in [2.75, 3.05) is 10.6 Å². The van der Waals surface area contributed by atoms with Crippen LogP contribution in [0.3, 0.4) is 0 Å². The molecule has 1 aliphatic rings. The first kappa shape index (κ1) is 11.8. The van der Waals surface area contributed by atoms with Gasteiger partial charge in [-0.05, 0) is 49.2 Å². The highest BCUT2D eigenvalue weighted by molar-refractivity contribution is 6.07. The maximum atomic E-state index is 12.6. The van der Waals surface area contributed by atoms with E-state index in [-0.39, 0.29) is 11.9 Å². The fraction of sp³-hybridized carbons (Fsp3) is 0.188. The third kappa shape index (κ3) is 1.97. The van der Waals surface area contributed by atoms with Crippen LogP contribution in [0.2, 0.25) is 0 Å². The van der Waals surface area contributed by atoms with Gasteiger partial charge >= 0.3 is 0 Å². The minimum absolute atomic E-state index is 0.0393. The Morgan fingerprint density at radius 2 is 1.84 bits per heavy atom. The number of nitrogen functional groups attached to an aromatic ring is 1. The molecule has 0 radical (unpaired) electrons. The van der Waals surface area contributed by atoms with E-state index in [9.17, 15) is 4.79 Å². The van der Waals surface area contributed by atoms with Crippen molar-refractivity contribution < 1.29 is 4.79 Å². The Morgan fingerprint density at radius 3 is 2.58 bits per heavy atom. The molecule has 0 fully saturated rings. The van der Waals surface area contributed by atoms with Crippen molar-refractivity contribution in [1.29, 1.82) is 0 Å². The number of benzene rings is 2. The molecule has 19 heavy (non-hydrogen) atoms. The van der Waals surface area contributed by atoms with Crippen LogP contribution in [0.15, 0.2) is 48.5 Å². The van der Waals surface area contributed by atoms with Crippen molar-refractivity contribution >= 4 is 17.3 Å². The number of para-hydroxylation sites is 1. The maximum Gasteiger partial charge on any atom is 0.258 e. The van der Waals surface area contributed by atoms with E-state index in [1.54, 1.807) is 24.3 Å². The summed E-state index contributed by atoms with van der Waals surface area (Å²) in [5.41, 5.74) is 9.27. The molecule has 0 unspecified atom stereocenters. The third-order valence-electron chi connectivity index (χ3n) is 3.58. The van der Waals surface area contributed by atoms with E-state index in [0.29, 0.717) is 11.3 Å². The molecule has 3 heteroatoms. The molecule has 2 N–H and O–H groups in total. The molecule has 1 aliphatic heterocycles. The van der Waals surface area contributed by atoms with Gasteiger partial charge in [0, 0.05) is 23.0 Å². The van der Waals surface area contributed by atoms with Gasteiger partial charge in [-0.2, -0.15) is 0 Å². The molecule has 1 heterocycles. The molecule has 0 saturated heterocycles. The minimum Gasteiger partial charge on any atom is -0.399 e. The molecule has 1 amide bonds. The van der Waals surface area contributed by atoms with E-state index < -0.39 is 0 Å². The SMILES string of the molecule is C[C@@H]1Cc2ccccc2N1C(=O)c1ccc(N)cc1. The average Bonchev–Trinajstić information content (AvgIpc) is 2.74. The summed E-state index contributed by atoms with van der Waals surface area (Å²) < 4.78 is 0. The molecular weight excluding hydrogens is 236 g/mol. The van der Waals surface area contributed by atoms with Crippen LogP contribution in [0.1, 0.15) is 22.8 Å². The summed E-state index contributed by atoms with van der Waals surface area (Å²) in [6.45, 7) is 2.08. The van der Waals surface area contributed by atoms with Gasteiger partial charge in [-0.3, -0.25) is 4.79 Å². The first-order valence-electron chi connectivity index (χ1n) is 6.44. The Bertz CT molecular complexity index is 619. The Kier molecular flexibility index (Phi) is 2.75. The van der Waals surface area contributed by atoms with Crippen molar-refractivity contribution in [3.8, 4) is 0 Å². The molecule has 3 nitrogen and oxygen atoms in total. The van der Waals surface area contributed by atoms with Gasteiger partial charge in [-0.1, -0.05) is 18.2 Å². The molecule has 0 bridgehead atoms. The summed E-state index contributed by atoms with van der Waals surface area (Å²) in [5, 5.41) is 0. The van der Waals surface area contributed by atoms with Gasteiger partial charge < -0.3 is 10.6 Å². The Morgan fingerprint density at radius 1 is 1.16 bits per heavy atom. The Labute approximate surface area is 112 Å². The fourth-order valence-corrected chi connectivity index (χ4v) is 2.64. The van der Waals surface area contributed by atoms with Gasteiger partial charge in [0.05, 0.1) is 0 Å². The first-order chi connectivity index (χ1) is 9.16. The third-order valence-corrected chi connectivity index (χ3v) is 3.58. The molecule has 0 aromatic heterocycles. The number of carbonyl (C=O) groups is 1. The molecule has 3 rings (SSSR count). The number of anilines is 2. The van der Waals surface area contributed by atoms with Crippen LogP contribution in [0.4, 0.5) is 11.4 Å². The number of fused-ring (bicyclic) bond motifs is 1. The van der Waals surface area contributed by atoms with Crippen LogP contribution >= 0.6 is 0 Å². The van der Waals surface area contributed by atoms with Crippen LogP contribution < -0.4 is 10.6 Å². The lowest BCUT2D eigenvalue weighted by molar-refractivity contribution is 0.0981. The second kappa shape index (κ2) is 4.43. The highest BCUT2D eigenvalue weighted by atomic mass is 16.2. The predicted molar refractivity (Wildman–Crippen MR) is 77.3 cm³/mol. The minimum atomic E-state index is 0.0393. The zero-order valence-corrected chi connectivity index (χ0v) is 10.8. The largest absolute Gasteiger partial charge is 0.399 e. The standard InChI is InChI=1S/C16H16N2O/c1-11-10-13-4-2-3-5-15(13)18(11)16(19)12-6-8-14(17)9-7-12/h2-9,11H,10,17H2,1H3/t11-/m1/s1. The summed E-state index contributed by atoms with van der Waals surface area (Å²) in [7, 11) is 0. The fourth-order valence-electron chi connectivity index (χ4n) is 2.64. The van der Waals surface area contributed by atoms with Crippen LogP contribution in [0.5, 0.6) is 0 Å². The summed E-state index contributed by atoms with van der Waals surface area (Å²) in [6, 6.07) is 15.4. The van der Waals surface area contributed by atoms with E-state index in [1.165, 1.54) is 5.56 Å². The number of amides is 1. The number of carbonyl (C=O) groups excluding carboxylic acids is 1. The second-order valence-corrected chi connectivity index (χ2v) is 4.98. The summed E-state index contributed by atoms with van der Waals surface area (Å²) >= 11 is 0. The molecule has 96 valence electrons. The monoisotopic (exact) mass is 252 g/mol. The van der Waals surface area contributed by atoms with Crippen molar-refractivity contribution in [3.63, 3.8) is 0 Å². The molecule has 0 spiro atoms. The van der Waals surface area contributed by atoms with Gasteiger partial charge in [0.15, 0.2) is 0 Å². The lowest BCUT2D eigenvalue weighted by Crippen LogP contribution is -2.35. The molecule has 0 aliphatic carbocycles. The van der Waals surface area contributed by atoms with E-state index >= 15 is 0 Å². The molecule has 2 aromatic carbocycles. The highest BCUT2D eigenvalue weighted by Gasteiger charge is 2.30. The zero-order valence-electron chi connectivity index (χ0n) is 10.8. The lowest BCUT2D eigenvalue weighted by atomic mass is 10.1. The van der Waals surface area contributed by atoms with Crippen LogP contribution in [-0.4, -0.2) is 11.9 Å². The number of hydrogen-bond acceptors (Lipinski definition) is 2. The van der Waals surface area contributed by atoms with Crippen LogP contribution in [-0.2, 0) is 6.42 Å². The Balaban J connectivity index is 1.98. The van der Waals surface area contributed by atoms with Gasteiger partial charge in [0.2, 0.25) is 0 Å². The molecule has 0 saturated carbocycles. The van der Waals surface area contributed by atoms with Crippen LogP contribution in [0, 0.1) is 0 Å². The van der Waals surface area contributed by atoms with Gasteiger partial charge in [-0.15, -0.1) is 0 Å². The van der Waals surface area contributed by atoms with Gasteiger partial charge in [0.1, 0.15) is 0 Å². The second-order valence-electron chi connectivity index (χ2n) is 4.98. The van der Waals surface area contributed by atoms with Crippen molar-refractivity contribution in [2.24, 2.45) is 0 Å². The number of rotatable bonds is 1. The normalized spacial score (nSPS) is 17.3. The summed E-state index contributed by atoms with van der Waals surface area (Å²) in [6.07, 6.45) is 0.914. The number of hydrogen-bond donors (Lipinski definition) is 1. The highest BCUT2D eigenvalue weighted by Crippen LogP contribution is 2.33. The number of nitrogens with zero attached hydrogens (tertiary/aromatic N) is 1. The molecule has 2 aromatic rings. The average molecular weight is 252 g/mol. The summed E-state index contributed by atoms with van der Waals surface area (Å²) in [4.78, 5) is 14.5. The van der Waals surface area contributed by atoms with Crippen LogP contribution in [0.25, 0.3) is 0 Å². The van der Waals surface area contributed by atoms with Gasteiger partial charge in [-0.25, -0.2) is 0 Å². The van der Waals surface area contributed by atoms with E-state index in [2.05, 4.69) is 13.0 Å². The van der Waals surface area contributed by atoms with Crippen molar-refractivity contribution in [2.45, 2.75) is 19.4 Å². The van der Waals surface area contributed by atoms with Gasteiger partial charge in [0.25, 0.3) is 5.91 Å². The Hall–Kier alpha value is -2.29. The summed E-state index contributed by atoms with van der Waals surface area (Å²) in [5.74, 6) is 0.0393. The number of nitrogens with two attached hydrogens (primary N) is 1. The van der Waals surface area contributed by atoms with E-state index in [0.717, 1.165) is 12.1 Å². The maximum absolute atomic E-state index is 12.6. The van der Waals surface area contributed by atoms with Crippen molar-refractivity contribution in [3.05, 3.63) is 59.7 Å². The molecular formula is C16H16N2O. The van der Waals surface area contributed by atoms with E-state index in [1.807, 2.05) is 23.1 Å². The first-order valence-corrected chi connectivity index (χ1v) is 6.44. The zero-order chi connectivity index (χ0) is 13.4. The molecule has 1 atom stereocenters. The topological polar surface area (TPSA) is 46.3 Å². The quantitative estimate of drug-likeness (QED) is 0.793. The smallest absolute Gasteiger partial charge is 0.258 e. The predicted octanol–water partition coefficient (Wildman–Crippen LogP) is 2.86. The lowest BCUT2D eigenvalue weighted by Gasteiger charge is -2.22. The van der Waals surface area contributed by atoms with Crippen molar-refractivity contribution in [1.82, 2.24) is 0 Å². The van der Waals surface area contributed by atoms with E-state index in [4.69, 9.17) is 5.73 Å².